The molecular weight excluding hydrogens is 160 g/mol. The van der Waals surface area contributed by atoms with Crippen molar-refractivity contribution >= 4 is 0 Å². The highest BCUT2D eigenvalue weighted by molar-refractivity contribution is 5.15. The lowest BCUT2D eigenvalue weighted by Crippen LogP contribution is -2.37. The third kappa shape index (κ3) is 1.12. The Morgan fingerprint density at radius 3 is 2.92 bits per heavy atom. The summed E-state index contributed by atoms with van der Waals surface area (Å²) >= 11 is 0. The second-order valence-electron chi connectivity index (χ2n) is 4.55. The van der Waals surface area contributed by atoms with Crippen LogP contribution in [0.4, 0.5) is 0 Å². The predicted octanol–water partition coefficient (Wildman–Crippen LogP) is 1.41. The van der Waals surface area contributed by atoms with Crippen LogP contribution in [0.5, 0.6) is 0 Å². The quantitative estimate of drug-likeness (QED) is 0.632. The molecule has 3 rings (SSSR count). The smallest absolute Gasteiger partial charge is 0.0283 e. The maximum atomic E-state index is 3.45. The largest absolute Gasteiger partial charge is 0.351 e. The first-order valence-corrected chi connectivity index (χ1v) is 5.23. The molecule has 0 amide bonds. The van der Waals surface area contributed by atoms with Crippen LogP contribution in [0.25, 0.3) is 0 Å². The van der Waals surface area contributed by atoms with Gasteiger partial charge >= 0.3 is 0 Å². The Morgan fingerprint density at radius 1 is 1.31 bits per heavy atom. The third-order valence-corrected chi connectivity index (χ3v) is 3.65. The molecule has 1 spiro atoms. The third-order valence-electron chi connectivity index (χ3n) is 3.65. The maximum absolute atomic E-state index is 3.45. The van der Waals surface area contributed by atoms with E-state index in [1.165, 1.54) is 38.9 Å². The Kier molecular flexibility index (Phi) is 1.53. The SMILES string of the molecule is c1cc2n(c1)CC1(CCNCC1)C2. The van der Waals surface area contributed by atoms with Gasteiger partial charge in [0.1, 0.15) is 0 Å². The van der Waals surface area contributed by atoms with Gasteiger partial charge in [0.15, 0.2) is 0 Å². The normalized spacial score (nSPS) is 24.9. The summed E-state index contributed by atoms with van der Waals surface area (Å²) in [7, 11) is 0. The van der Waals surface area contributed by atoms with Gasteiger partial charge in [-0.2, -0.15) is 0 Å². The molecule has 70 valence electrons. The minimum atomic E-state index is 0.613. The lowest BCUT2D eigenvalue weighted by Gasteiger charge is -2.33. The van der Waals surface area contributed by atoms with E-state index in [0.29, 0.717) is 5.41 Å². The highest BCUT2D eigenvalue weighted by Gasteiger charge is 2.37. The van der Waals surface area contributed by atoms with Crippen LogP contribution in [0.15, 0.2) is 18.3 Å². The molecule has 0 aliphatic carbocycles. The Bertz CT molecular complexity index is 285. The molecule has 0 radical (unpaired) electrons. The van der Waals surface area contributed by atoms with Crippen molar-refractivity contribution < 1.29 is 0 Å². The van der Waals surface area contributed by atoms with E-state index < -0.39 is 0 Å². The fourth-order valence-electron chi connectivity index (χ4n) is 2.86. The summed E-state index contributed by atoms with van der Waals surface area (Å²) < 4.78 is 2.44. The molecule has 0 bridgehead atoms. The van der Waals surface area contributed by atoms with Crippen molar-refractivity contribution in [2.24, 2.45) is 5.41 Å². The van der Waals surface area contributed by atoms with Gasteiger partial charge in [-0.25, -0.2) is 0 Å². The first kappa shape index (κ1) is 7.63. The topological polar surface area (TPSA) is 17.0 Å². The first-order valence-electron chi connectivity index (χ1n) is 5.23. The van der Waals surface area contributed by atoms with Crippen LogP contribution in [0, 0.1) is 5.41 Å². The molecule has 0 aromatic carbocycles. The van der Waals surface area contributed by atoms with E-state index in [4.69, 9.17) is 0 Å². The highest BCUT2D eigenvalue weighted by atomic mass is 15.0. The molecule has 2 heteroatoms. The van der Waals surface area contributed by atoms with Gasteiger partial charge in [-0.3, -0.25) is 0 Å². The van der Waals surface area contributed by atoms with Crippen LogP contribution >= 0.6 is 0 Å². The van der Waals surface area contributed by atoms with Gasteiger partial charge in [0.05, 0.1) is 0 Å². The molecule has 13 heavy (non-hydrogen) atoms. The molecule has 2 aliphatic heterocycles. The van der Waals surface area contributed by atoms with E-state index in [2.05, 4.69) is 28.2 Å². The number of hydrogen-bond donors (Lipinski definition) is 1. The number of nitrogens with zero attached hydrogens (tertiary/aromatic N) is 1. The van der Waals surface area contributed by atoms with Crippen molar-refractivity contribution in [3.63, 3.8) is 0 Å². The minimum absolute atomic E-state index is 0.613. The number of piperidine rings is 1. The van der Waals surface area contributed by atoms with Crippen molar-refractivity contribution in [1.82, 2.24) is 9.88 Å². The Labute approximate surface area is 78.9 Å². The van der Waals surface area contributed by atoms with Crippen LogP contribution < -0.4 is 5.32 Å². The number of hydrogen-bond acceptors (Lipinski definition) is 1. The summed E-state index contributed by atoms with van der Waals surface area (Å²) in [4.78, 5) is 0. The zero-order valence-electron chi connectivity index (χ0n) is 7.92. The van der Waals surface area contributed by atoms with E-state index >= 15 is 0 Å². The molecule has 0 saturated carbocycles. The van der Waals surface area contributed by atoms with E-state index in [1.807, 2.05) is 0 Å². The van der Waals surface area contributed by atoms with Crippen LogP contribution in [0.1, 0.15) is 18.5 Å². The van der Waals surface area contributed by atoms with Crippen molar-refractivity contribution in [1.29, 1.82) is 0 Å². The van der Waals surface area contributed by atoms with E-state index in [0.717, 1.165) is 0 Å². The zero-order valence-corrected chi connectivity index (χ0v) is 7.92. The Hall–Kier alpha value is -0.760. The summed E-state index contributed by atoms with van der Waals surface area (Å²) in [5.41, 5.74) is 2.16. The van der Waals surface area contributed by atoms with Gasteiger partial charge in [0.25, 0.3) is 0 Å². The molecule has 1 aromatic heterocycles. The van der Waals surface area contributed by atoms with Crippen molar-refractivity contribution in [2.45, 2.75) is 25.8 Å². The van der Waals surface area contributed by atoms with Gasteiger partial charge in [-0.15, -0.1) is 0 Å². The molecule has 2 aliphatic rings. The first-order chi connectivity index (χ1) is 6.38. The van der Waals surface area contributed by atoms with Gasteiger partial charge in [0.2, 0.25) is 0 Å². The Balaban J connectivity index is 1.86. The van der Waals surface area contributed by atoms with Crippen molar-refractivity contribution in [3.8, 4) is 0 Å². The molecule has 1 saturated heterocycles. The molecule has 0 atom stereocenters. The molecule has 1 N–H and O–H groups in total. The summed E-state index contributed by atoms with van der Waals surface area (Å²) in [5.74, 6) is 0. The molecular formula is C11H16N2. The number of fused-ring (bicyclic) bond motifs is 1. The van der Waals surface area contributed by atoms with Gasteiger partial charge in [-0.05, 0) is 49.9 Å². The van der Waals surface area contributed by atoms with Crippen molar-refractivity contribution in [2.75, 3.05) is 13.1 Å². The van der Waals surface area contributed by atoms with Crippen LogP contribution in [0.3, 0.4) is 0 Å². The van der Waals surface area contributed by atoms with E-state index in [-0.39, 0.29) is 0 Å². The van der Waals surface area contributed by atoms with Crippen LogP contribution in [-0.4, -0.2) is 17.7 Å². The highest BCUT2D eigenvalue weighted by Crippen LogP contribution is 2.39. The van der Waals surface area contributed by atoms with Gasteiger partial charge in [-0.1, -0.05) is 0 Å². The second kappa shape index (κ2) is 2.61. The lowest BCUT2D eigenvalue weighted by atomic mass is 9.77. The number of aromatic nitrogens is 1. The molecule has 1 aromatic rings. The Morgan fingerprint density at radius 2 is 2.15 bits per heavy atom. The summed E-state index contributed by atoms with van der Waals surface area (Å²) in [6, 6.07) is 4.44. The molecule has 2 nitrogen and oxygen atoms in total. The zero-order chi connectivity index (χ0) is 8.73. The lowest BCUT2D eigenvalue weighted by molar-refractivity contribution is 0.199. The van der Waals surface area contributed by atoms with Crippen LogP contribution in [0.2, 0.25) is 0 Å². The van der Waals surface area contributed by atoms with E-state index in [1.54, 1.807) is 5.69 Å². The predicted molar refractivity (Wildman–Crippen MR) is 52.7 cm³/mol. The summed E-state index contributed by atoms with van der Waals surface area (Å²) in [5, 5.41) is 3.45. The molecule has 1 fully saturated rings. The number of rotatable bonds is 0. The van der Waals surface area contributed by atoms with E-state index in [9.17, 15) is 0 Å². The van der Waals surface area contributed by atoms with Gasteiger partial charge in [0, 0.05) is 18.4 Å². The second-order valence-corrected chi connectivity index (χ2v) is 4.55. The molecule has 3 heterocycles. The fraction of sp³-hybridized carbons (Fsp3) is 0.636. The fourth-order valence-corrected chi connectivity index (χ4v) is 2.86. The minimum Gasteiger partial charge on any atom is -0.351 e. The standard InChI is InChI=1S/C11H16N2/c1-2-10-8-11(9-13(10)7-1)3-5-12-6-4-11/h1-2,7,12H,3-6,8-9H2. The summed E-state index contributed by atoms with van der Waals surface area (Å²) in [6.45, 7) is 3.69. The summed E-state index contributed by atoms with van der Waals surface area (Å²) in [6.07, 6.45) is 6.25. The maximum Gasteiger partial charge on any atom is 0.0283 e. The molecule has 0 unspecified atom stereocenters. The van der Waals surface area contributed by atoms with Crippen LogP contribution in [-0.2, 0) is 13.0 Å². The van der Waals surface area contributed by atoms with Gasteiger partial charge < -0.3 is 9.88 Å². The average Bonchev–Trinajstić information content (AvgIpc) is 2.64. The average molecular weight is 176 g/mol. The monoisotopic (exact) mass is 176 g/mol. The van der Waals surface area contributed by atoms with Crippen molar-refractivity contribution in [3.05, 3.63) is 24.0 Å². The number of nitrogens with one attached hydrogen (secondary N) is 1.